The average Bonchev–Trinajstić information content (AvgIpc) is 2.97. The first-order valence-corrected chi connectivity index (χ1v) is 9.44. The number of hydrogen-bond acceptors (Lipinski definition) is 3. The number of aliphatic hydroxyl groups is 1. The molecule has 0 saturated carbocycles. The van der Waals surface area contributed by atoms with E-state index in [-0.39, 0.29) is 5.91 Å². The second kappa shape index (κ2) is 7.41. The number of aryl methyl sites for hydroxylation is 1. The maximum Gasteiger partial charge on any atom is 0.220 e. The maximum absolute atomic E-state index is 12.0. The van der Waals surface area contributed by atoms with Gasteiger partial charge in [0.2, 0.25) is 5.91 Å². The normalized spacial score (nSPS) is 17.3. The number of aromatic amines is 1. The maximum atomic E-state index is 12.0. The summed E-state index contributed by atoms with van der Waals surface area (Å²) in [6.07, 6.45) is 5.79. The van der Waals surface area contributed by atoms with E-state index in [1.807, 2.05) is 30.1 Å². The first-order valence-electron chi connectivity index (χ1n) is 8.28. The summed E-state index contributed by atoms with van der Waals surface area (Å²) in [7, 11) is 0. The first kappa shape index (κ1) is 16.4. The summed E-state index contributed by atoms with van der Waals surface area (Å²) < 4.78 is 0. The monoisotopic (exact) mass is 332 g/mol. The van der Waals surface area contributed by atoms with Gasteiger partial charge in [-0.25, -0.2) is 0 Å². The molecule has 1 amide bonds. The van der Waals surface area contributed by atoms with Crippen molar-refractivity contribution in [2.24, 2.45) is 0 Å². The largest absolute Gasteiger partial charge is 0.388 e. The van der Waals surface area contributed by atoms with Crippen LogP contribution < -0.4 is 5.32 Å². The Bertz CT molecular complexity index is 662. The van der Waals surface area contributed by atoms with Gasteiger partial charge in [0.05, 0.1) is 5.60 Å². The molecule has 0 atom stereocenters. The third-order valence-corrected chi connectivity index (χ3v) is 5.55. The van der Waals surface area contributed by atoms with Gasteiger partial charge in [-0.1, -0.05) is 18.2 Å². The van der Waals surface area contributed by atoms with Crippen molar-refractivity contribution in [1.29, 1.82) is 0 Å². The number of carbonyl (C=O) groups is 1. The number of H-pyrrole nitrogens is 1. The van der Waals surface area contributed by atoms with Crippen LogP contribution in [-0.4, -0.2) is 39.6 Å². The number of para-hydroxylation sites is 1. The summed E-state index contributed by atoms with van der Waals surface area (Å²) >= 11 is 1.87. The molecule has 1 saturated heterocycles. The first-order chi connectivity index (χ1) is 11.2. The number of hydrogen-bond donors (Lipinski definition) is 3. The van der Waals surface area contributed by atoms with Crippen molar-refractivity contribution in [1.82, 2.24) is 10.3 Å². The summed E-state index contributed by atoms with van der Waals surface area (Å²) in [5.74, 6) is 2.00. The number of fused-ring (bicyclic) bond motifs is 1. The van der Waals surface area contributed by atoms with E-state index in [2.05, 4.69) is 22.4 Å². The highest BCUT2D eigenvalue weighted by Gasteiger charge is 2.29. The molecule has 1 aromatic carbocycles. The smallest absolute Gasteiger partial charge is 0.220 e. The molecule has 2 aromatic rings. The van der Waals surface area contributed by atoms with Gasteiger partial charge in [0.15, 0.2) is 0 Å². The Labute approximate surface area is 141 Å². The molecule has 1 aliphatic heterocycles. The Kier molecular flexibility index (Phi) is 5.28. The van der Waals surface area contributed by atoms with E-state index in [1.165, 1.54) is 10.9 Å². The molecule has 124 valence electrons. The molecule has 3 N–H and O–H groups in total. The Balaban J connectivity index is 1.42. The van der Waals surface area contributed by atoms with Crippen LogP contribution >= 0.6 is 11.8 Å². The van der Waals surface area contributed by atoms with Crippen molar-refractivity contribution in [3.8, 4) is 0 Å². The van der Waals surface area contributed by atoms with Gasteiger partial charge in [-0.2, -0.15) is 11.8 Å². The van der Waals surface area contributed by atoms with Gasteiger partial charge in [-0.15, -0.1) is 0 Å². The quantitative estimate of drug-likeness (QED) is 0.762. The summed E-state index contributed by atoms with van der Waals surface area (Å²) in [6, 6.07) is 8.23. The fraction of sp³-hybridized carbons (Fsp3) is 0.500. The number of thioether (sulfide) groups is 1. The summed E-state index contributed by atoms with van der Waals surface area (Å²) in [4.78, 5) is 15.2. The second-order valence-electron chi connectivity index (χ2n) is 6.33. The number of amides is 1. The summed E-state index contributed by atoms with van der Waals surface area (Å²) in [6.45, 7) is 0.388. The van der Waals surface area contributed by atoms with Gasteiger partial charge in [0.1, 0.15) is 0 Å². The molecule has 1 fully saturated rings. The minimum atomic E-state index is -0.697. The lowest BCUT2D eigenvalue weighted by molar-refractivity contribution is -0.122. The van der Waals surface area contributed by atoms with E-state index < -0.39 is 5.60 Å². The van der Waals surface area contributed by atoms with Crippen LogP contribution in [-0.2, 0) is 11.2 Å². The lowest BCUT2D eigenvalue weighted by atomic mass is 9.97. The van der Waals surface area contributed by atoms with Gasteiger partial charge >= 0.3 is 0 Å². The molecular formula is C18H24N2O2S. The lowest BCUT2D eigenvalue weighted by Crippen LogP contribution is -2.45. The number of aromatic nitrogens is 1. The van der Waals surface area contributed by atoms with Crippen molar-refractivity contribution in [2.45, 2.75) is 37.7 Å². The minimum absolute atomic E-state index is 0.0384. The van der Waals surface area contributed by atoms with Crippen LogP contribution in [0.1, 0.15) is 31.2 Å². The van der Waals surface area contributed by atoms with E-state index in [9.17, 15) is 9.90 Å². The molecule has 4 nitrogen and oxygen atoms in total. The molecule has 5 heteroatoms. The van der Waals surface area contributed by atoms with Crippen molar-refractivity contribution in [3.05, 3.63) is 36.0 Å². The molecule has 0 unspecified atom stereocenters. The zero-order valence-corrected chi connectivity index (χ0v) is 14.1. The van der Waals surface area contributed by atoms with Crippen LogP contribution in [0, 0.1) is 0 Å². The van der Waals surface area contributed by atoms with Gasteiger partial charge in [0, 0.05) is 30.1 Å². The van der Waals surface area contributed by atoms with Crippen molar-refractivity contribution < 1.29 is 9.90 Å². The van der Waals surface area contributed by atoms with Crippen LogP contribution in [0.3, 0.4) is 0 Å². The number of nitrogens with one attached hydrogen (secondary N) is 2. The van der Waals surface area contributed by atoms with E-state index in [4.69, 9.17) is 0 Å². The van der Waals surface area contributed by atoms with Gasteiger partial charge < -0.3 is 15.4 Å². The van der Waals surface area contributed by atoms with Crippen molar-refractivity contribution in [2.75, 3.05) is 18.1 Å². The Morgan fingerprint density at radius 2 is 2.09 bits per heavy atom. The minimum Gasteiger partial charge on any atom is -0.388 e. The predicted molar refractivity (Wildman–Crippen MR) is 95.8 cm³/mol. The predicted octanol–water partition coefficient (Wildman–Crippen LogP) is 2.86. The Morgan fingerprint density at radius 1 is 1.30 bits per heavy atom. The molecule has 0 spiro atoms. The van der Waals surface area contributed by atoms with E-state index in [1.54, 1.807) is 0 Å². The topological polar surface area (TPSA) is 65.1 Å². The van der Waals surface area contributed by atoms with Crippen LogP contribution in [0.25, 0.3) is 10.9 Å². The zero-order valence-electron chi connectivity index (χ0n) is 13.3. The summed E-state index contributed by atoms with van der Waals surface area (Å²) in [5.41, 5.74) is 1.71. The fourth-order valence-electron chi connectivity index (χ4n) is 3.06. The summed E-state index contributed by atoms with van der Waals surface area (Å²) in [5, 5.41) is 14.5. The van der Waals surface area contributed by atoms with E-state index >= 15 is 0 Å². The molecular weight excluding hydrogens is 308 g/mol. The van der Waals surface area contributed by atoms with Crippen LogP contribution in [0.2, 0.25) is 0 Å². The molecule has 3 rings (SSSR count). The zero-order chi connectivity index (χ0) is 16.1. The SMILES string of the molecule is O=C(CCCc1c[nH]c2ccccc12)NCC1(O)CCSCC1. The van der Waals surface area contributed by atoms with Crippen LogP contribution in [0.5, 0.6) is 0 Å². The Morgan fingerprint density at radius 3 is 2.91 bits per heavy atom. The number of carbonyl (C=O) groups excluding carboxylic acids is 1. The van der Waals surface area contributed by atoms with Crippen molar-refractivity contribution in [3.63, 3.8) is 0 Å². The highest BCUT2D eigenvalue weighted by atomic mass is 32.2. The molecule has 0 aliphatic carbocycles. The Hall–Kier alpha value is -1.46. The highest BCUT2D eigenvalue weighted by Crippen LogP contribution is 2.26. The standard InChI is InChI=1S/C18H24N2O2S/c21-17(20-13-18(22)8-10-23-11-9-18)7-3-4-14-12-19-16-6-2-1-5-15(14)16/h1-2,5-6,12,19,22H,3-4,7-11,13H2,(H,20,21). The number of rotatable bonds is 6. The van der Waals surface area contributed by atoms with Crippen molar-refractivity contribution >= 4 is 28.6 Å². The third-order valence-electron chi connectivity index (χ3n) is 4.56. The fourth-order valence-corrected chi connectivity index (χ4v) is 4.31. The molecule has 23 heavy (non-hydrogen) atoms. The molecule has 0 radical (unpaired) electrons. The molecule has 2 heterocycles. The van der Waals surface area contributed by atoms with Crippen LogP contribution in [0.4, 0.5) is 0 Å². The van der Waals surface area contributed by atoms with Gasteiger partial charge in [-0.3, -0.25) is 4.79 Å². The second-order valence-corrected chi connectivity index (χ2v) is 7.55. The van der Waals surface area contributed by atoms with E-state index in [0.29, 0.717) is 13.0 Å². The number of benzene rings is 1. The van der Waals surface area contributed by atoms with Gasteiger partial charge in [-0.05, 0) is 48.8 Å². The molecule has 1 aromatic heterocycles. The van der Waals surface area contributed by atoms with Gasteiger partial charge in [0.25, 0.3) is 0 Å². The van der Waals surface area contributed by atoms with E-state index in [0.717, 1.165) is 42.7 Å². The average molecular weight is 332 g/mol. The molecule has 1 aliphatic rings. The molecule has 0 bridgehead atoms. The highest BCUT2D eigenvalue weighted by molar-refractivity contribution is 7.99. The lowest BCUT2D eigenvalue weighted by Gasteiger charge is -2.31. The van der Waals surface area contributed by atoms with Crippen LogP contribution in [0.15, 0.2) is 30.5 Å². The third kappa shape index (κ3) is 4.30.